The third kappa shape index (κ3) is 2.44. The second-order valence-corrected chi connectivity index (χ2v) is 6.54. The van der Waals surface area contributed by atoms with Crippen molar-refractivity contribution in [3.63, 3.8) is 0 Å². The van der Waals surface area contributed by atoms with Gasteiger partial charge in [0.15, 0.2) is 0 Å². The summed E-state index contributed by atoms with van der Waals surface area (Å²) in [6.45, 7) is 2.05. The lowest BCUT2D eigenvalue weighted by Crippen LogP contribution is -2.51. The molecule has 2 heterocycles. The summed E-state index contributed by atoms with van der Waals surface area (Å²) in [6.07, 6.45) is 6.71. The summed E-state index contributed by atoms with van der Waals surface area (Å²) in [5.74, 6) is 0. The van der Waals surface area contributed by atoms with Crippen molar-refractivity contribution in [2.24, 2.45) is 0 Å². The second-order valence-electron chi connectivity index (χ2n) is 5.56. The zero-order chi connectivity index (χ0) is 13.3. The first-order valence-electron chi connectivity index (χ1n) is 6.98. The van der Waals surface area contributed by atoms with Crippen molar-refractivity contribution in [2.75, 3.05) is 20.8 Å². The largest absolute Gasteiger partial charge is 0.381 e. The van der Waals surface area contributed by atoms with E-state index in [0.717, 1.165) is 38.8 Å². The fourth-order valence-electron chi connectivity index (χ4n) is 3.66. The second kappa shape index (κ2) is 5.48. The number of nitrogens with zero attached hydrogens (tertiary/aromatic N) is 2. The van der Waals surface area contributed by atoms with Crippen LogP contribution in [-0.4, -0.2) is 48.4 Å². The fraction of sp³-hybridized carbons (Fsp3) is 0.786. The molecule has 0 spiro atoms. The minimum absolute atomic E-state index is 0.0479. The minimum Gasteiger partial charge on any atom is -0.381 e. The summed E-state index contributed by atoms with van der Waals surface area (Å²) in [5, 5.41) is 3.25. The first kappa shape index (κ1) is 13.5. The number of rotatable bonds is 4. The van der Waals surface area contributed by atoms with Crippen molar-refractivity contribution in [1.82, 2.24) is 9.88 Å². The highest BCUT2D eigenvalue weighted by Gasteiger charge is 2.51. The maximum absolute atomic E-state index is 5.93. The Kier molecular flexibility index (Phi) is 3.89. The normalized spacial score (nSPS) is 35.5. The predicted octanol–water partition coefficient (Wildman–Crippen LogP) is 2.30. The molecule has 3 rings (SSSR count). The Bertz CT molecular complexity index is 412. The van der Waals surface area contributed by atoms with Gasteiger partial charge < -0.3 is 9.47 Å². The Morgan fingerprint density at radius 2 is 2.37 bits per heavy atom. The molecule has 1 aromatic rings. The van der Waals surface area contributed by atoms with Gasteiger partial charge in [-0.25, -0.2) is 4.98 Å². The van der Waals surface area contributed by atoms with Gasteiger partial charge in [0.1, 0.15) is 5.01 Å². The lowest BCUT2D eigenvalue weighted by Gasteiger charge is -2.43. The van der Waals surface area contributed by atoms with Crippen LogP contribution in [0.15, 0.2) is 11.6 Å². The molecule has 1 aliphatic carbocycles. The maximum atomic E-state index is 5.93. The van der Waals surface area contributed by atoms with Gasteiger partial charge in [0.25, 0.3) is 0 Å². The van der Waals surface area contributed by atoms with Crippen LogP contribution in [0.2, 0.25) is 0 Å². The van der Waals surface area contributed by atoms with Crippen LogP contribution in [0.3, 0.4) is 0 Å². The zero-order valence-electron chi connectivity index (χ0n) is 11.7. The van der Waals surface area contributed by atoms with E-state index >= 15 is 0 Å². The topological polar surface area (TPSA) is 34.6 Å². The molecular weight excluding hydrogens is 260 g/mol. The molecule has 5 heteroatoms. The number of aromatic nitrogens is 1. The van der Waals surface area contributed by atoms with Gasteiger partial charge in [0, 0.05) is 38.4 Å². The van der Waals surface area contributed by atoms with Gasteiger partial charge in [-0.05, 0) is 25.7 Å². The summed E-state index contributed by atoms with van der Waals surface area (Å²) >= 11 is 1.74. The van der Waals surface area contributed by atoms with Crippen molar-refractivity contribution < 1.29 is 9.47 Å². The molecule has 1 saturated carbocycles. The number of fused-ring (bicyclic) bond motifs is 1. The van der Waals surface area contributed by atoms with Crippen molar-refractivity contribution in [3.05, 3.63) is 16.6 Å². The number of ether oxygens (including phenoxy) is 2. The number of likely N-dealkylation sites (tertiary alicyclic amines) is 1. The monoisotopic (exact) mass is 282 g/mol. The predicted molar refractivity (Wildman–Crippen MR) is 75.3 cm³/mol. The van der Waals surface area contributed by atoms with E-state index in [1.54, 1.807) is 11.3 Å². The number of hydrogen-bond donors (Lipinski definition) is 0. The molecule has 0 amide bonds. The molecule has 106 valence electrons. The number of hydrogen-bond acceptors (Lipinski definition) is 5. The summed E-state index contributed by atoms with van der Waals surface area (Å²) in [7, 11) is 3.69. The molecule has 3 atom stereocenters. The Balaban J connectivity index is 1.75. The van der Waals surface area contributed by atoms with Crippen molar-refractivity contribution in [2.45, 2.75) is 50.0 Å². The van der Waals surface area contributed by atoms with Crippen LogP contribution in [0.5, 0.6) is 0 Å². The fourth-order valence-corrected chi connectivity index (χ4v) is 4.30. The van der Waals surface area contributed by atoms with E-state index in [4.69, 9.17) is 9.47 Å². The SMILES string of the molecule is CO[C@H]1CC[C@@]2(OC)CCN(Cc3nccs3)[C@H]2C1. The lowest BCUT2D eigenvalue weighted by atomic mass is 9.79. The molecule has 0 aromatic carbocycles. The molecule has 1 saturated heterocycles. The first-order valence-corrected chi connectivity index (χ1v) is 7.86. The highest BCUT2D eigenvalue weighted by molar-refractivity contribution is 7.09. The Morgan fingerprint density at radius 3 is 3.05 bits per heavy atom. The van der Waals surface area contributed by atoms with Crippen LogP contribution >= 0.6 is 11.3 Å². The van der Waals surface area contributed by atoms with Gasteiger partial charge >= 0.3 is 0 Å². The molecule has 1 aliphatic heterocycles. The molecule has 19 heavy (non-hydrogen) atoms. The standard InChI is InChI=1S/C14H22N2O2S/c1-17-11-3-4-14(18-2)5-7-16(12(14)9-11)10-13-15-6-8-19-13/h6,8,11-12H,3-5,7,9-10H2,1-2H3/t11-,12-,14+/m0/s1. The van der Waals surface area contributed by atoms with Crippen LogP contribution in [0.4, 0.5) is 0 Å². The van der Waals surface area contributed by atoms with Crippen molar-refractivity contribution in [1.29, 1.82) is 0 Å². The molecule has 0 bridgehead atoms. The first-order chi connectivity index (χ1) is 9.27. The minimum atomic E-state index is 0.0479. The summed E-state index contributed by atoms with van der Waals surface area (Å²) < 4.78 is 11.5. The Morgan fingerprint density at radius 1 is 1.47 bits per heavy atom. The quantitative estimate of drug-likeness (QED) is 0.849. The van der Waals surface area contributed by atoms with E-state index in [0.29, 0.717) is 12.1 Å². The van der Waals surface area contributed by atoms with Crippen molar-refractivity contribution >= 4 is 11.3 Å². The summed E-state index contributed by atoms with van der Waals surface area (Å²) in [6, 6.07) is 0.472. The maximum Gasteiger partial charge on any atom is 0.107 e. The van der Waals surface area contributed by atoms with Crippen LogP contribution in [0.1, 0.15) is 30.7 Å². The van der Waals surface area contributed by atoms with E-state index in [-0.39, 0.29) is 5.60 Å². The van der Waals surface area contributed by atoms with Crippen molar-refractivity contribution in [3.8, 4) is 0 Å². The van der Waals surface area contributed by atoms with E-state index in [1.165, 1.54) is 5.01 Å². The molecule has 0 radical (unpaired) electrons. The van der Waals surface area contributed by atoms with Gasteiger partial charge in [0.2, 0.25) is 0 Å². The van der Waals surface area contributed by atoms with E-state index < -0.39 is 0 Å². The van der Waals surface area contributed by atoms with Gasteiger partial charge in [0.05, 0.1) is 18.2 Å². The summed E-state index contributed by atoms with van der Waals surface area (Å²) in [4.78, 5) is 6.95. The average molecular weight is 282 g/mol. The average Bonchev–Trinajstić information content (AvgIpc) is 3.07. The van der Waals surface area contributed by atoms with Gasteiger partial charge in [-0.3, -0.25) is 4.90 Å². The van der Waals surface area contributed by atoms with E-state index in [2.05, 4.69) is 9.88 Å². The van der Waals surface area contributed by atoms with Crippen LogP contribution in [-0.2, 0) is 16.0 Å². The summed E-state index contributed by atoms with van der Waals surface area (Å²) in [5.41, 5.74) is 0.0479. The molecule has 0 N–H and O–H groups in total. The molecule has 2 aliphatic rings. The molecule has 2 fully saturated rings. The Labute approximate surface area is 118 Å². The van der Waals surface area contributed by atoms with Gasteiger partial charge in [-0.15, -0.1) is 11.3 Å². The number of thiazole rings is 1. The molecule has 4 nitrogen and oxygen atoms in total. The van der Waals surface area contributed by atoms with E-state index in [9.17, 15) is 0 Å². The van der Waals surface area contributed by atoms with Gasteiger partial charge in [-0.1, -0.05) is 0 Å². The molecule has 0 unspecified atom stereocenters. The van der Waals surface area contributed by atoms with Crippen LogP contribution < -0.4 is 0 Å². The van der Waals surface area contributed by atoms with Crippen LogP contribution in [0.25, 0.3) is 0 Å². The molecule has 1 aromatic heterocycles. The van der Waals surface area contributed by atoms with E-state index in [1.807, 2.05) is 25.8 Å². The highest BCUT2D eigenvalue weighted by atomic mass is 32.1. The number of methoxy groups -OCH3 is 2. The van der Waals surface area contributed by atoms with Crippen LogP contribution in [0, 0.1) is 0 Å². The Hall–Kier alpha value is -0.490. The smallest absolute Gasteiger partial charge is 0.107 e. The highest BCUT2D eigenvalue weighted by Crippen LogP contribution is 2.43. The lowest BCUT2D eigenvalue weighted by molar-refractivity contribution is -0.0947. The van der Waals surface area contributed by atoms with Gasteiger partial charge in [-0.2, -0.15) is 0 Å². The third-order valence-electron chi connectivity index (χ3n) is 4.81. The zero-order valence-corrected chi connectivity index (χ0v) is 12.5. The molecular formula is C14H22N2O2S. The third-order valence-corrected chi connectivity index (χ3v) is 5.57.